The highest BCUT2D eigenvalue weighted by molar-refractivity contribution is 7.92. The van der Waals surface area contributed by atoms with E-state index in [9.17, 15) is 18.0 Å². The number of methoxy groups -OCH3 is 2. The summed E-state index contributed by atoms with van der Waals surface area (Å²) in [5.41, 5.74) is 0.987. The molecule has 0 spiro atoms. The van der Waals surface area contributed by atoms with Crippen LogP contribution in [0.25, 0.3) is 0 Å². The second-order valence-electron chi connectivity index (χ2n) is 9.08. The fourth-order valence-corrected chi connectivity index (χ4v) is 5.73. The van der Waals surface area contributed by atoms with Gasteiger partial charge in [0.2, 0.25) is 11.8 Å². The van der Waals surface area contributed by atoms with Crippen molar-refractivity contribution in [2.75, 3.05) is 31.6 Å². The van der Waals surface area contributed by atoms with E-state index in [0.29, 0.717) is 24.5 Å². The molecule has 2 amide bonds. The molecule has 1 N–H and O–H groups in total. The number of nitrogens with zero attached hydrogens (tertiary/aromatic N) is 2. The number of amides is 2. The Balaban J connectivity index is 2.07. The number of carbonyl (C=O) groups is 2. The fourth-order valence-electron chi connectivity index (χ4n) is 4.28. The zero-order valence-corrected chi connectivity index (χ0v) is 24.2. The summed E-state index contributed by atoms with van der Waals surface area (Å²) in [5, 5.41) is 2.88. The lowest BCUT2D eigenvalue weighted by atomic mass is 10.1. The first-order valence-corrected chi connectivity index (χ1v) is 14.6. The lowest BCUT2D eigenvalue weighted by Crippen LogP contribution is -2.52. The highest BCUT2D eigenvalue weighted by Crippen LogP contribution is 2.32. The van der Waals surface area contributed by atoms with Gasteiger partial charge in [0.15, 0.2) is 0 Å². The molecule has 0 aliphatic heterocycles. The Kier molecular flexibility index (Phi) is 11.0. The minimum atomic E-state index is -4.18. The molecule has 40 heavy (non-hydrogen) atoms. The molecule has 10 heteroatoms. The Morgan fingerprint density at radius 2 is 1.52 bits per heavy atom. The number of hydrogen-bond donors (Lipinski definition) is 1. The number of para-hydroxylation sites is 2. The van der Waals surface area contributed by atoms with E-state index in [1.807, 2.05) is 26.0 Å². The number of carbonyl (C=O) groups excluding carboxylic acids is 2. The minimum Gasteiger partial charge on any atom is -0.497 e. The van der Waals surface area contributed by atoms with Gasteiger partial charge in [-0.1, -0.05) is 56.3 Å². The van der Waals surface area contributed by atoms with Gasteiger partial charge in [-0.15, -0.1) is 0 Å². The molecule has 0 bridgehead atoms. The third-order valence-electron chi connectivity index (χ3n) is 6.41. The van der Waals surface area contributed by atoms with Crippen LogP contribution in [0.5, 0.6) is 11.5 Å². The summed E-state index contributed by atoms with van der Waals surface area (Å²) in [7, 11) is -1.17. The van der Waals surface area contributed by atoms with Crippen molar-refractivity contribution in [1.82, 2.24) is 10.2 Å². The standard InChI is InChI=1S/C30H37N3O6S/c1-5-20-31-30(35)26(6-2)32(21-23-16-18-24(38-3)19-17-23)29(34)22-33(27-14-10-11-15-28(27)39-4)40(36,37)25-12-8-7-9-13-25/h7-19,26H,5-6,20-22H2,1-4H3,(H,31,35)/t26-/m0/s1. The van der Waals surface area contributed by atoms with Gasteiger partial charge in [-0.05, 0) is 54.8 Å². The van der Waals surface area contributed by atoms with E-state index in [2.05, 4.69) is 5.32 Å². The van der Waals surface area contributed by atoms with E-state index in [1.165, 1.54) is 24.1 Å². The van der Waals surface area contributed by atoms with Crippen molar-refractivity contribution >= 4 is 27.5 Å². The van der Waals surface area contributed by atoms with Crippen LogP contribution < -0.4 is 19.1 Å². The Labute approximate surface area is 236 Å². The quantitative estimate of drug-likeness (QED) is 0.313. The van der Waals surface area contributed by atoms with Crippen LogP contribution in [0.3, 0.4) is 0 Å². The lowest BCUT2D eigenvalue weighted by Gasteiger charge is -2.33. The van der Waals surface area contributed by atoms with Crippen molar-refractivity contribution in [1.29, 1.82) is 0 Å². The van der Waals surface area contributed by atoms with Gasteiger partial charge in [0.1, 0.15) is 24.1 Å². The molecule has 3 rings (SSSR count). The molecule has 0 saturated carbocycles. The fraction of sp³-hybridized carbons (Fsp3) is 0.333. The maximum atomic E-state index is 14.1. The SMILES string of the molecule is CCCNC(=O)[C@H](CC)N(Cc1ccc(OC)cc1)C(=O)CN(c1ccccc1OC)S(=O)(=O)c1ccccc1. The number of benzene rings is 3. The molecule has 0 fully saturated rings. The van der Waals surface area contributed by atoms with Crippen LogP contribution in [-0.4, -0.2) is 58.5 Å². The lowest BCUT2D eigenvalue weighted by molar-refractivity contribution is -0.140. The molecule has 0 aromatic heterocycles. The molecule has 0 unspecified atom stereocenters. The van der Waals surface area contributed by atoms with E-state index in [0.717, 1.165) is 16.3 Å². The topological polar surface area (TPSA) is 105 Å². The van der Waals surface area contributed by atoms with Crippen LogP contribution in [-0.2, 0) is 26.2 Å². The zero-order valence-electron chi connectivity index (χ0n) is 23.4. The van der Waals surface area contributed by atoms with Crippen LogP contribution in [0.4, 0.5) is 5.69 Å². The summed E-state index contributed by atoms with van der Waals surface area (Å²) >= 11 is 0. The minimum absolute atomic E-state index is 0.0307. The van der Waals surface area contributed by atoms with Gasteiger partial charge in [-0.2, -0.15) is 0 Å². The summed E-state index contributed by atoms with van der Waals surface area (Å²) in [4.78, 5) is 28.7. The van der Waals surface area contributed by atoms with E-state index in [-0.39, 0.29) is 23.0 Å². The molecule has 0 radical (unpaired) electrons. The molecule has 214 valence electrons. The average Bonchev–Trinajstić information content (AvgIpc) is 2.99. The van der Waals surface area contributed by atoms with Gasteiger partial charge < -0.3 is 19.7 Å². The normalized spacial score (nSPS) is 11.8. The van der Waals surface area contributed by atoms with Crippen molar-refractivity contribution in [2.45, 2.75) is 44.2 Å². The van der Waals surface area contributed by atoms with Crippen LogP contribution in [0.2, 0.25) is 0 Å². The summed E-state index contributed by atoms with van der Waals surface area (Å²) in [6.07, 6.45) is 1.09. The predicted molar refractivity (Wildman–Crippen MR) is 155 cm³/mol. The van der Waals surface area contributed by atoms with E-state index < -0.39 is 28.5 Å². The van der Waals surface area contributed by atoms with E-state index in [4.69, 9.17) is 9.47 Å². The Bertz CT molecular complexity index is 1360. The smallest absolute Gasteiger partial charge is 0.264 e. The Hall–Kier alpha value is -4.05. The van der Waals surface area contributed by atoms with Crippen LogP contribution >= 0.6 is 0 Å². The third-order valence-corrected chi connectivity index (χ3v) is 8.19. The molecular formula is C30H37N3O6S. The highest BCUT2D eigenvalue weighted by Gasteiger charge is 2.34. The number of sulfonamides is 1. The van der Waals surface area contributed by atoms with Crippen molar-refractivity contribution < 1.29 is 27.5 Å². The van der Waals surface area contributed by atoms with Crippen molar-refractivity contribution in [2.24, 2.45) is 0 Å². The first kappa shape index (κ1) is 30.5. The molecule has 0 heterocycles. The maximum Gasteiger partial charge on any atom is 0.264 e. The van der Waals surface area contributed by atoms with Crippen molar-refractivity contribution in [3.63, 3.8) is 0 Å². The first-order chi connectivity index (χ1) is 19.3. The van der Waals surface area contributed by atoms with Crippen molar-refractivity contribution in [3.05, 3.63) is 84.4 Å². The van der Waals surface area contributed by atoms with Gasteiger partial charge in [0.05, 0.1) is 24.8 Å². The monoisotopic (exact) mass is 567 g/mol. The largest absolute Gasteiger partial charge is 0.497 e. The van der Waals surface area contributed by atoms with Gasteiger partial charge in [-0.3, -0.25) is 13.9 Å². The second-order valence-corrected chi connectivity index (χ2v) is 10.9. The summed E-state index contributed by atoms with van der Waals surface area (Å²) in [6, 6.07) is 20.9. The first-order valence-electron chi connectivity index (χ1n) is 13.2. The summed E-state index contributed by atoms with van der Waals surface area (Å²) in [5.74, 6) is 0.135. The number of hydrogen-bond acceptors (Lipinski definition) is 6. The molecular weight excluding hydrogens is 530 g/mol. The number of anilines is 1. The average molecular weight is 568 g/mol. The highest BCUT2D eigenvalue weighted by atomic mass is 32.2. The molecule has 0 aliphatic carbocycles. The molecule has 3 aromatic carbocycles. The molecule has 0 saturated heterocycles. The van der Waals surface area contributed by atoms with E-state index >= 15 is 0 Å². The van der Waals surface area contributed by atoms with Gasteiger partial charge >= 0.3 is 0 Å². The molecule has 0 aliphatic rings. The van der Waals surface area contributed by atoms with E-state index in [1.54, 1.807) is 61.7 Å². The Morgan fingerprint density at radius 1 is 0.875 bits per heavy atom. The third kappa shape index (κ3) is 7.32. The molecule has 3 aromatic rings. The molecule has 9 nitrogen and oxygen atoms in total. The van der Waals surface area contributed by atoms with Gasteiger partial charge in [-0.25, -0.2) is 8.42 Å². The summed E-state index contributed by atoms with van der Waals surface area (Å²) < 4.78 is 39.6. The van der Waals surface area contributed by atoms with Gasteiger partial charge in [0.25, 0.3) is 10.0 Å². The predicted octanol–water partition coefficient (Wildman–Crippen LogP) is 4.23. The maximum absolute atomic E-state index is 14.1. The number of rotatable bonds is 14. The van der Waals surface area contributed by atoms with Gasteiger partial charge in [0, 0.05) is 13.1 Å². The van der Waals surface area contributed by atoms with Crippen molar-refractivity contribution in [3.8, 4) is 11.5 Å². The van der Waals surface area contributed by atoms with Crippen LogP contribution in [0.15, 0.2) is 83.8 Å². The zero-order chi connectivity index (χ0) is 29.1. The number of ether oxygens (including phenoxy) is 2. The number of nitrogens with one attached hydrogen (secondary N) is 1. The second kappa shape index (κ2) is 14.4. The molecule has 1 atom stereocenters. The summed E-state index contributed by atoms with van der Waals surface area (Å²) in [6.45, 7) is 3.80. The Morgan fingerprint density at radius 3 is 2.12 bits per heavy atom. The van der Waals surface area contributed by atoms with Crippen LogP contribution in [0, 0.1) is 0 Å². The van der Waals surface area contributed by atoms with Crippen LogP contribution in [0.1, 0.15) is 32.3 Å².